The molecule has 9 heteroatoms. The topological polar surface area (TPSA) is 106 Å². The molecule has 1 atom stereocenters. The molecule has 44 heavy (non-hydrogen) atoms. The molecular formula is C35H41N3O6. The van der Waals surface area contributed by atoms with Crippen molar-refractivity contribution in [1.29, 1.82) is 0 Å². The van der Waals surface area contributed by atoms with Gasteiger partial charge in [0.25, 0.3) is 5.91 Å². The number of fused-ring (bicyclic) bond motifs is 1. The molecule has 0 radical (unpaired) electrons. The van der Waals surface area contributed by atoms with Crippen LogP contribution in [0.15, 0.2) is 48.5 Å². The summed E-state index contributed by atoms with van der Waals surface area (Å²) in [4.78, 5) is 15.9. The van der Waals surface area contributed by atoms with Crippen molar-refractivity contribution in [3.05, 3.63) is 82.0 Å². The number of H-pyrrole nitrogens is 1. The van der Waals surface area contributed by atoms with Crippen LogP contribution in [0.5, 0.6) is 28.7 Å². The van der Waals surface area contributed by atoms with E-state index in [1.807, 2.05) is 68.1 Å². The maximum absolute atomic E-state index is 14.0. The molecule has 0 aliphatic carbocycles. The van der Waals surface area contributed by atoms with E-state index in [1.165, 1.54) is 0 Å². The Morgan fingerprint density at radius 2 is 1.70 bits per heavy atom. The lowest BCUT2D eigenvalue weighted by Gasteiger charge is -2.27. The van der Waals surface area contributed by atoms with E-state index in [-0.39, 0.29) is 11.7 Å². The normalized spacial score (nSPS) is 14.1. The van der Waals surface area contributed by atoms with Gasteiger partial charge < -0.3 is 29.0 Å². The van der Waals surface area contributed by atoms with Crippen molar-refractivity contribution in [3.8, 4) is 40.0 Å². The van der Waals surface area contributed by atoms with Gasteiger partial charge in [0.15, 0.2) is 23.0 Å². The van der Waals surface area contributed by atoms with Crippen molar-refractivity contribution < 1.29 is 28.8 Å². The summed E-state index contributed by atoms with van der Waals surface area (Å²) in [7, 11) is 3.21. The largest absolute Gasteiger partial charge is 0.507 e. The average Bonchev–Trinajstić information content (AvgIpc) is 3.54. The zero-order valence-corrected chi connectivity index (χ0v) is 26.3. The van der Waals surface area contributed by atoms with Crippen LogP contribution in [0.3, 0.4) is 0 Å². The van der Waals surface area contributed by atoms with Crippen molar-refractivity contribution in [2.75, 3.05) is 34.0 Å². The second kappa shape index (κ2) is 13.3. The van der Waals surface area contributed by atoms with Gasteiger partial charge in [-0.2, -0.15) is 5.10 Å². The Kier molecular flexibility index (Phi) is 9.32. The molecule has 9 nitrogen and oxygen atoms in total. The molecule has 1 aliphatic heterocycles. The summed E-state index contributed by atoms with van der Waals surface area (Å²) in [6, 6.07) is 14.9. The molecule has 1 aliphatic rings. The van der Waals surface area contributed by atoms with Crippen LogP contribution in [-0.4, -0.2) is 60.1 Å². The number of phenols is 1. The molecule has 1 amide bonds. The number of hydrogen-bond acceptors (Lipinski definition) is 7. The number of amides is 1. The van der Waals surface area contributed by atoms with Gasteiger partial charge in [0.05, 0.1) is 33.5 Å². The average molecular weight is 600 g/mol. The van der Waals surface area contributed by atoms with Gasteiger partial charge in [-0.15, -0.1) is 0 Å². The Morgan fingerprint density at radius 1 is 0.932 bits per heavy atom. The molecule has 0 bridgehead atoms. The second-order valence-electron chi connectivity index (χ2n) is 11.0. The number of hydrogen-bond donors (Lipinski definition) is 2. The van der Waals surface area contributed by atoms with E-state index in [1.54, 1.807) is 20.3 Å². The number of rotatable bonds is 13. The number of phenolic OH excluding ortho intramolecular Hbond substituents is 1. The minimum Gasteiger partial charge on any atom is -0.507 e. The Bertz CT molecular complexity index is 1620. The number of aromatic amines is 1. The molecule has 0 saturated carbocycles. The molecule has 3 aromatic carbocycles. The van der Waals surface area contributed by atoms with Crippen LogP contribution in [-0.2, 0) is 6.42 Å². The van der Waals surface area contributed by atoms with E-state index in [4.69, 9.17) is 18.9 Å². The zero-order chi connectivity index (χ0) is 31.4. The molecule has 232 valence electrons. The summed E-state index contributed by atoms with van der Waals surface area (Å²) >= 11 is 0. The fourth-order valence-corrected chi connectivity index (χ4v) is 5.91. The molecule has 0 spiro atoms. The molecule has 2 heterocycles. The maximum Gasteiger partial charge on any atom is 0.273 e. The number of aryl methyl sites for hydroxylation is 2. The third kappa shape index (κ3) is 5.91. The first kappa shape index (κ1) is 30.8. The molecular weight excluding hydrogens is 558 g/mol. The third-order valence-electron chi connectivity index (χ3n) is 7.99. The van der Waals surface area contributed by atoms with E-state index >= 15 is 0 Å². The number of nitrogens with one attached hydrogen (secondary N) is 1. The van der Waals surface area contributed by atoms with Crippen molar-refractivity contribution in [2.45, 2.75) is 53.0 Å². The number of carbonyl (C=O) groups is 1. The minimum absolute atomic E-state index is 0.126. The molecule has 0 fully saturated rings. The first-order chi connectivity index (χ1) is 21.3. The number of aromatic hydroxyl groups is 1. The van der Waals surface area contributed by atoms with Gasteiger partial charge in [0.2, 0.25) is 0 Å². The van der Waals surface area contributed by atoms with E-state index < -0.39 is 6.04 Å². The van der Waals surface area contributed by atoms with Crippen LogP contribution in [0, 0.1) is 13.8 Å². The highest BCUT2D eigenvalue weighted by molar-refractivity contribution is 6.00. The molecule has 2 N–H and O–H groups in total. The standard InChI is InChI=1S/C35H41N3O6/c1-7-9-16-44-27-13-11-24(20-29(27)43-8-2)34-31-32(30-22(4)17-21(3)18-25(30)39)36-37-33(31)35(40)38(34)15-14-23-10-12-26(41-5)28(19-23)42-6/h10-13,17-20,34,39H,7-9,14-16H2,1-6H3,(H,36,37). The lowest BCUT2D eigenvalue weighted by Crippen LogP contribution is -2.31. The van der Waals surface area contributed by atoms with Gasteiger partial charge in [0.1, 0.15) is 17.1 Å². The first-order valence-electron chi connectivity index (χ1n) is 15.1. The van der Waals surface area contributed by atoms with Gasteiger partial charge in [-0.1, -0.05) is 31.5 Å². The van der Waals surface area contributed by atoms with Crippen LogP contribution < -0.4 is 18.9 Å². The molecule has 0 saturated heterocycles. The molecule has 1 unspecified atom stereocenters. The smallest absolute Gasteiger partial charge is 0.273 e. The van der Waals surface area contributed by atoms with E-state index in [0.717, 1.165) is 40.7 Å². The number of unbranched alkanes of at least 4 members (excludes halogenated alkanes) is 1. The summed E-state index contributed by atoms with van der Waals surface area (Å²) in [5, 5.41) is 18.6. The fraction of sp³-hybridized carbons (Fsp3) is 0.371. The van der Waals surface area contributed by atoms with E-state index in [2.05, 4.69) is 17.1 Å². The SMILES string of the molecule is CCCCOc1ccc(C2c3c(-c4c(C)cc(C)cc4O)n[nH]c3C(=O)N2CCc2ccc(OC)c(OC)c2)cc1OCC. The van der Waals surface area contributed by atoms with Gasteiger partial charge in [-0.05, 0) is 86.2 Å². The van der Waals surface area contributed by atoms with Crippen LogP contribution >= 0.6 is 0 Å². The van der Waals surface area contributed by atoms with Crippen molar-refractivity contribution in [2.24, 2.45) is 0 Å². The predicted molar refractivity (Wildman–Crippen MR) is 169 cm³/mol. The summed E-state index contributed by atoms with van der Waals surface area (Å²) in [5.41, 5.74) is 6.00. The number of ether oxygens (including phenoxy) is 4. The van der Waals surface area contributed by atoms with Gasteiger partial charge >= 0.3 is 0 Å². The number of benzene rings is 3. The van der Waals surface area contributed by atoms with Gasteiger partial charge in [0, 0.05) is 17.7 Å². The molecule has 4 aromatic rings. The van der Waals surface area contributed by atoms with E-state index in [9.17, 15) is 9.90 Å². The maximum atomic E-state index is 14.0. The summed E-state index contributed by atoms with van der Waals surface area (Å²) in [5.74, 6) is 2.55. The first-order valence-corrected chi connectivity index (χ1v) is 15.1. The van der Waals surface area contributed by atoms with Crippen LogP contribution in [0.25, 0.3) is 11.3 Å². The van der Waals surface area contributed by atoms with Crippen molar-refractivity contribution >= 4 is 5.91 Å². The number of nitrogens with zero attached hydrogens (tertiary/aromatic N) is 2. The Balaban J connectivity index is 1.59. The van der Waals surface area contributed by atoms with E-state index in [0.29, 0.717) is 66.1 Å². The number of aromatic nitrogens is 2. The van der Waals surface area contributed by atoms with Gasteiger partial charge in [-0.25, -0.2) is 0 Å². The van der Waals surface area contributed by atoms with Gasteiger partial charge in [-0.3, -0.25) is 9.89 Å². The lowest BCUT2D eigenvalue weighted by molar-refractivity contribution is 0.0745. The lowest BCUT2D eigenvalue weighted by atomic mass is 9.93. The summed E-state index contributed by atoms with van der Waals surface area (Å²) in [6.07, 6.45) is 2.55. The number of methoxy groups -OCH3 is 2. The molecule has 1 aromatic heterocycles. The van der Waals surface area contributed by atoms with Crippen molar-refractivity contribution in [1.82, 2.24) is 15.1 Å². The highest BCUT2D eigenvalue weighted by Gasteiger charge is 2.43. The highest BCUT2D eigenvalue weighted by atomic mass is 16.5. The van der Waals surface area contributed by atoms with Crippen LogP contribution in [0.2, 0.25) is 0 Å². The summed E-state index contributed by atoms with van der Waals surface area (Å²) < 4.78 is 23.0. The highest BCUT2D eigenvalue weighted by Crippen LogP contribution is 2.47. The second-order valence-corrected chi connectivity index (χ2v) is 11.0. The van der Waals surface area contributed by atoms with Crippen LogP contribution in [0.4, 0.5) is 0 Å². The quantitative estimate of drug-likeness (QED) is 0.163. The Labute approximate surface area is 258 Å². The van der Waals surface area contributed by atoms with Crippen molar-refractivity contribution in [3.63, 3.8) is 0 Å². The summed E-state index contributed by atoms with van der Waals surface area (Å²) in [6.45, 7) is 9.44. The molecule has 5 rings (SSSR count). The predicted octanol–water partition coefficient (Wildman–Crippen LogP) is 6.78. The monoisotopic (exact) mass is 599 g/mol. The minimum atomic E-state index is -0.476. The number of carbonyl (C=O) groups excluding carboxylic acids is 1. The Morgan fingerprint density at radius 3 is 2.41 bits per heavy atom. The zero-order valence-electron chi connectivity index (χ0n) is 26.3. The Hall–Kier alpha value is -4.66. The fourth-order valence-electron chi connectivity index (χ4n) is 5.91. The third-order valence-corrected chi connectivity index (χ3v) is 7.99. The van der Waals surface area contributed by atoms with Crippen LogP contribution in [0.1, 0.15) is 71.0 Å².